The maximum Gasteiger partial charge on any atom is 0.387 e. The zero-order valence-electron chi connectivity index (χ0n) is 17.9. The first kappa shape index (κ1) is 25.9. The van der Waals surface area contributed by atoms with Gasteiger partial charge in [-0.3, -0.25) is 4.99 Å². The van der Waals surface area contributed by atoms with E-state index in [-0.39, 0.29) is 29.7 Å². The molecule has 1 aliphatic heterocycles. The Morgan fingerprint density at radius 3 is 2.72 bits per heavy atom. The molecule has 2 rings (SSSR count). The molecule has 0 saturated carbocycles. The maximum atomic E-state index is 12.6. The molecule has 0 radical (unpaired) electrons. The Bertz CT molecular complexity index is 643. The van der Waals surface area contributed by atoms with Gasteiger partial charge in [0, 0.05) is 38.8 Å². The van der Waals surface area contributed by atoms with Crippen LogP contribution in [-0.4, -0.2) is 50.7 Å². The first-order chi connectivity index (χ1) is 13.4. The molecule has 1 fully saturated rings. The van der Waals surface area contributed by atoms with Gasteiger partial charge in [-0.15, -0.1) is 24.0 Å². The lowest BCUT2D eigenvalue weighted by Crippen LogP contribution is -2.45. The van der Waals surface area contributed by atoms with E-state index < -0.39 is 6.61 Å². The number of guanidine groups is 1. The molecule has 5 nitrogen and oxygen atoms in total. The van der Waals surface area contributed by atoms with Crippen molar-refractivity contribution in [1.82, 2.24) is 15.5 Å². The van der Waals surface area contributed by atoms with Crippen LogP contribution in [0.5, 0.6) is 5.75 Å². The second-order valence-electron chi connectivity index (χ2n) is 7.96. The Labute approximate surface area is 190 Å². The van der Waals surface area contributed by atoms with E-state index >= 15 is 0 Å². The fourth-order valence-electron chi connectivity index (χ4n) is 3.70. The Morgan fingerprint density at radius 1 is 1.31 bits per heavy atom. The third kappa shape index (κ3) is 9.46. The third-order valence-electron chi connectivity index (χ3n) is 4.89. The SMILES string of the molecule is CN=C(NCc1cc(C)ccc1OC(F)F)NCC1CCCN(CC(C)C)C1.I. The van der Waals surface area contributed by atoms with Crippen LogP contribution in [0, 0.1) is 18.8 Å². The Morgan fingerprint density at radius 2 is 2.07 bits per heavy atom. The number of halogens is 3. The fourth-order valence-corrected chi connectivity index (χ4v) is 3.70. The Hall–Kier alpha value is -1.16. The number of alkyl halides is 2. The summed E-state index contributed by atoms with van der Waals surface area (Å²) in [6.07, 6.45) is 2.44. The van der Waals surface area contributed by atoms with Gasteiger partial charge in [0.15, 0.2) is 5.96 Å². The number of rotatable bonds is 8. The fraction of sp³-hybridized carbons (Fsp3) is 0.667. The third-order valence-corrected chi connectivity index (χ3v) is 4.89. The second-order valence-corrected chi connectivity index (χ2v) is 7.96. The molecule has 29 heavy (non-hydrogen) atoms. The average Bonchev–Trinajstić information content (AvgIpc) is 2.63. The van der Waals surface area contributed by atoms with E-state index in [1.54, 1.807) is 19.2 Å². The molecule has 1 aromatic rings. The number of hydrogen-bond donors (Lipinski definition) is 2. The summed E-state index contributed by atoms with van der Waals surface area (Å²) < 4.78 is 29.9. The average molecular weight is 524 g/mol. The van der Waals surface area contributed by atoms with E-state index in [1.165, 1.54) is 19.4 Å². The summed E-state index contributed by atoms with van der Waals surface area (Å²) in [5.74, 6) is 2.13. The van der Waals surface area contributed by atoms with Crippen LogP contribution in [0.2, 0.25) is 0 Å². The van der Waals surface area contributed by atoms with Crippen molar-refractivity contribution < 1.29 is 13.5 Å². The van der Waals surface area contributed by atoms with E-state index in [0.29, 0.717) is 29.9 Å². The minimum atomic E-state index is -2.83. The Balaban J connectivity index is 0.00000420. The molecule has 1 heterocycles. The molecule has 0 aromatic heterocycles. The van der Waals surface area contributed by atoms with Gasteiger partial charge < -0.3 is 20.3 Å². The van der Waals surface area contributed by atoms with Crippen molar-refractivity contribution >= 4 is 29.9 Å². The lowest BCUT2D eigenvalue weighted by molar-refractivity contribution is -0.0504. The number of likely N-dealkylation sites (tertiary alicyclic amines) is 1. The maximum absolute atomic E-state index is 12.6. The van der Waals surface area contributed by atoms with Gasteiger partial charge in [-0.2, -0.15) is 8.78 Å². The van der Waals surface area contributed by atoms with Gasteiger partial charge in [0.2, 0.25) is 0 Å². The number of nitrogens with one attached hydrogen (secondary N) is 2. The summed E-state index contributed by atoms with van der Waals surface area (Å²) in [6.45, 7) is 8.25. The molecule has 8 heteroatoms. The smallest absolute Gasteiger partial charge is 0.387 e. The second kappa shape index (κ2) is 13.2. The number of benzene rings is 1. The van der Waals surface area contributed by atoms with Crippen LogP contribution in [0.1, 0.15) is 37.8 Å². The van der Waals surface area contributed by atoms with Crippen molar-refractivity contribution in [1.29, 1.82) is 0 Å². The molecule has 0 bridgehead atoms. The predicted molar refractivity (Wildman–Crippen MR) is 125 cm³/mol. The van der Waals surface area contributed by atoms with Gasteiger partial charge in [-0.25, -0.2) is 0 Å². The van der Waals surface area contributed by atoms with E-state index in [1.807, 2.05) is 13.0 Å². The molecule has 1 unspecified atom stereocenters. The van der Waals surface area contributed by atoms with Gasteiger partial charge in [-0.05, 0) is 44.2 Å². The van der Waals surface area contributed by atoms with Crippen LogP contribution in [-0.2, 0) is 6.54 Å². The number of aryl methyl sites for hydroxylation is 1. The molecule has 2 N–H and O–H groups in total. The standard InChI is InChI=1S/C21H34F2N4O.HI/c1-15(2)13-27-9-5-6-17(14-27)11-25-21(24-4)26-12-18-10-16(3)7-8-19(18)28-20(22)23;/h7-8,10,15,17,20H,5-6,9,11-14H2,1-4H3,(H2,24,25,26);1H. The van der Waals surface area contributed by atoms with Crippen LogP contribution >= 0.6 is 24.0 Å². The highest BCUT2D eigenvalue weighted by atomic mass is 127. The van der Waals surface area contributed by atoms with Crippen molar-refractivity contribution in [2.24, 2.45) is 16.8 Å². The number of hydrogen-bond acceptors (Lipinski definition) is 3. The Kier molecular flexibility index (Phi) is 11.8. The normalized spacial score (nSPS) is 17.9. The number of aliphatic imine (C=N–C) groups is 1. The van der Waals surface area contributed by atoms with Crippen molar-refractivity contribution in [3.63, 3.8) is 0 Å². The summed E-state index contributed by atoms with van der Waals surface area (Å²) in [7, 11) is 1.72. The van der Waals surface area contributed by atoms with Gasteiger partial charge in [-0.1, -0.05) is 31.5 Å². The van der Waals surface area contributed by atoms with Gasteiger partial charge in [0.25, 0.3) is 0 Å². The van der Waals surface area contributed by atoms with Crippen molar-refractivity contribution in [2.75, 3.05) is 33.2 Å². The molecule has 166 valence electrons. The molecular formula is C21H35F2IN4O. The van der Waals surface area contributed by atoms with Crippen molar-refractivity contribution in [3.8, 4) is 5.75 Å². The van der Waals surface area contributed by atoms with Crippen LogP contribution in [0.3, 0.4) is 0 Å². The summed E-state index contributed by atoms with van der Waals surface area (Å²) in [5, 5.41) is 6.59. The van der Waals surface area contributed by atoms with Crippen LogP contribution in [0.15, 0.2) is 23.2 Å². The summed E-state index contributed by atoms with van der Waals surface area (Å²) in [4.78, 5) is 6.80. The van der Waals surface area contributed by atoms with Crippen LogP contribution in [0.25, 0.3) is 0 Å². The monoisotopic (exact) mass is 524 g/mol. The van der Waals surface area contributed by atoms with Gasteiger partial charge >= 0.3 is 6.61 Å². The highest BCUT2D eigenvalue weighted by Gasteiger charge is 2.20. The van der Waals surface area contributed by atoms with Crippen LogP contribution < -0.4 is 15.4 Å². The van der Waals surface area contributed by atoms with Crippen molar-refractivity contribution in [3.05, 3.63) is 29.3 Å². The highest BCUT2D eigenvalue weighted by molar-refractivity contribution is 14.0. The predicted octanol–water partition coefficient (Wildman–Crippen LogP) is 4.25. The van der Waals surface area contributed by atoms with Crippen molar-refractivity contribution in [2.45, 2.75) is 46.8 Å². The highest BCUT2D eigenvalue weighted by Crippen LogP contribution is 2.22. The minimum absolute atomic E-state index is 0. The molecular weight excluding hydrogens is 489 g/mol. The van der Waals surface area contributed by atoms with E-state index in [2.05, 4.69) is 39.1 Å². The topological polar surface area (TPSA) is 48.9 Å². The molecule has 0 amide bonds. The number of nitrogens with zero attached hydrogens (tertiary/aromatic N) is 2. The molecule has 0 aliphatic carbocycles. The minimum Gasteiger partial charge on any atom is -0.434 e. The lowest BCUT2D eigenvalue weighted by atomic mass is 9.97. The molecule has 1 aromatic carbocycles. The molecule has 1 aliphatic rings. The number of piperidine rings is 1. The zero-order valence-corrected chi connectivity index (χ0v) is 20.2. The largest absolute Gasteiger partial charge is 0.434 e. The lowest BCUT2D eigenvalue weighted by Gasteiger charge is -2.34. The quantitative estimate of drug-likeness (QED) is 0.304. The van der Waals surface area contributed by atoms with Crippen LogP contribution in [0.4, 0.5) is 8.78 Å². The van der Waals surface area contributed by atoms with Gasteiger partial charge in [0.1, 0.15) is 5.75 Å². The summed E-state index contributed by atoms with van der Waals surface area (Å²) >= 11 is 0. The first-order valence-corrected chi connectivity index (χ1v) is 10.1. The van der Waals surface area contributed by atoms with E-state index in [0.717, 1.165) is 25.2 Å². The summed E-state index contributed by atoms with van der Waals surface area (Å²) in [5.41, 5.74) is 1.68. The summed E-state index contributed by atoms with van der Waals surface area (Å²) in [6, 6.07) is 5.20. The molecule has 0 spiro atoms. The zero-order chi connectivity index (χ0) is 20.5. The van der Waals surface area contributed by atoms with E-state index in [4.69, 9.17) is 0 Å². The first-order valence-electron chi connectivity index (χ1n) is 10.1. The van der Waals surface area contributed by atoms with Gasteiger partial charge in [0.05, 0.1) is 0 Å². The number of ether oxygens (including phenoxy) is 1. The molecule has 1 atom stereocenters. The van der Waals surface area contributed by atoms with E-state index in [9.17, 15) is 8.78 Å². The molecule has 1 saturated heterocycles.